The Morgan fingerprint density at radius 3 is 2.81 bits per heavy atom. The number of rotatable bonds is 4. The van der Waals surface area contributed by atoms with Gasteiger partial charge in [0.2, 0.25) is 5.91 Å². The molecule has 138 valence electrons. The van der Waals surface area contributed by atoms with Crippen LogP contribution in [0.2, 0.25) is 0 Å². The largest absolute Gasteiger partial charge is 0.334 e. The number of halogens is 2. The van der Waals surface area contributed by atoms with Crippen molar-refractivity contribution in [2.75, 3.05) is 5.32 Å². The lowest BCUT2D eigenvalue weighted by Gasteiger charge is -2.11. The number of hydrogen-bond donors (Lipinski definition) is 1. The maximum absolute atomic E-state index is 13.8. The minimum absolute atomic E-state index is 0.156. The van der Waals surface area contributed by atoms with Gasteiger partial charge in [-0.05, 0) is 30.5 Å². The Hall–Kier alpha value is -3.02. The molecular formula is C21H19F2N3O. The van der Waals surface area contributed by atoms with Crippen LogP contribution in [0.25, 0.3) is 11.3 Å². The molecule has 2 heterocycles. The summed E-state index contributed by atoms with van der Waals surface area (Å²) >= 11 is 0. The van der Waals surface area contributed by atoms with Crippen molar-refractivity contribution >= 4 is 11.6 Å². The van der Waals surface area contributed by atoms with Gasteiger partial charge in [-0.3, -0.25) is 4.79 Å². The first-order chi connectivity index (χ1) is 13.1. The molecule has 0 atom stereocenters. The molecular weight excluding hydrogens is 348 g/mol. The minimum atomic E-state index is -0.722. The van der Waals surface area contributed by atoms with E-state index in [9.17, 15) is 13.6 Å². The third-order valence-electron chi connectivity index (χ3n) is 4.75. The summed E-state index contributed by atoms with van der Waals surface area (Å²) < 4.78 is 29.0. The predicted molar refractivity (Wildman–Crippen MR) is 99.3 cm³/mol. The van der Waals surface area contributed by atoms with Gasteiger partial charge < -0.3 is 9.88 Å². The van der Waals surface area contributed by atoms with Crippen LogP contribution < -0.4 is 5.32 Å². The maximum atomic E-state index is 13.8. The second-order valence-electron chi connectivity index (χ2n) is 6.70. The number of para-hydroxylation sites is 1. The third kappa shape index (κ3) is 3.74. The van der Waals surface area contributed by atoms with E-state index in [1.54, 1.807) is 6.07 Å². The van der Waals surface area contributed by atoms with Crippen molar-refractivity contribution in [1.82, 2.24) is 9.55 Å². The van der Waals surface area contributed by atoms with Crippen molar-refractivity contribution in [2.45, 2.75) is 32.2 Å². The molecule has 0 saturated carbocycles. The van der Waals surface area contributed by atoms with Crippen LogP contribution in [0.4, 0.5) is 14.5 Å². The molecule has 1 aliphatic heterocycles. The molecule has 4 rings (SSSR count). The van der Waals surface area contributed by atoms with Crippen molar-refractivity contribution < 1.29 is 13.6 Å². The lowest BCUT2D eigenvalue weighted by Crippen LogP contribution is -2.16. The summed E-state index contributed by atoms with van der Waals surface area (Å²) in [5, 5.41) is 2.83. The SMILES string of the molecule is O=C(Cc1ccc(F)cc1F)Nc1ccccc1-c1cn2c(n1)CCCC2. The first-order valence-corrected chi connectivity index (χ1v) is 8.99. The second-order valence-corrected chi connectivity index (χ2v) is 6.70. The quantitative estimate of drug-likeness (QED) is 0.745. The third-order valence-corrected chi connectivity index (χ3v) is 4.75. The Balaban J connectivity index is 1.56. The Morgan fingerprint density at radius 1 is 1.15 bits per heavy atom. The number of benzene rings is 2. The van der Waals surface area contributed by atoms with Crippen LogP contribution in [0.3, 0.4) is 0 Å². The highest BCUT2D eigenvalue weighted by Gasteiger charge is 2.16. The summed E-state index contributed by atoms with van der Waals surface area (Å²) in [5.74, 6) is -0.686. The second kappa shape index (κ2) is 7.31. The number of aryl methyl sites for hydroxylation is 2. The molecule has 4 nitrogen and oxygen atoms in total. The maximum Gasteiger partial charge on any atom is 0.228 e. The fourth-order valence-corrected chi connectivity index (χ4v) is 3.39. The average molecular weight is 367 g/mol. The van der Waals surface area contributed by atoms with Gasteiger partial charge in [0.1, 0.15) is 17.5 Å². The van der Waals surface area contributed by atoms with Gasteiger partial charge in [0, 0.05) is 30.8 Å². The highest BCUT2D eigenvalue weighted by Crippen LogP contribution is 2.29. The summed E-state index contributed by atoms with van der Waals surface area (Å²) in [7, 11) is 0. The van der Waals surface area contributed by atoms with E-state index in [1.165, 1.54) is 6.07 Å². The Labute approximate surface area is 155 Å². The number of carbonyl (C=O) groups excluding carboxylic acids is 1. The highest BCUT2D eigenvalue weighted by atomic mass is 19.1. The number of imidazole rings is 1. The molecule has 0 saturated heterocycles. The van der Waals surface area contributed by atoms with Crippen LogP contribution >= 0.6 is 0 Å². The number of nitrogens with zero attached hydrogens (tertiary/aromatic N) is 2. The van der Waals surface area contributed by atoms with Crippen LogP contribution in [0.15, 0.2) is 48.7 Å². The van der Waals surface area contributed by atoms with Crippen LogP contribution in [0.1, 0.15) is 24.2 Å². The summed E-state index contributed by atoms with van der Waals surface area (Å²) in [6.07, 6.45) is 5.08. The van der Waals surface area contributed by atoms with E-state index in [0.29, 0.717) is 5.69 Å². The number of nitrogens with one attached hydrogen (secondary N) is 1. The molecule has 1 aromatic heterocycles. The molecule has 6 heteroatoms. The minimum Gasteiger partial charge on any atom is -0.334 e. The van der Waals surface area contributed by atoms with Crippen molar-refractivity contribution in [2.24, 2.45) is 0 Å². The summed E-state index contributed by atoms with van der Waals surface area (Å²) in [4.78, 5) is 17.1. The van der Waals surface area contributed by atoms with Crippen molar-refractivity contribution in [1.29, 1.82) is 0 Å². The van der Waals surface area contributed by atoms with Crippen molar-refractivity contribution in [3.8, 4) is 11.3 Å². The van der Waals surface area contributed by atoms with Gasteiger partial charge in [-0.1, -0.05) is 24.3 Å². The fourth-order valence-electron chi connectivity index (χ4n) is 3.39. The molecule has 1 N–H and O–H groups in total. The molecule has 2 aromatic carbocycles. The van der Waals surface area contributed by atoms with Gasteiger partial charge in [0.25, 0.3) is 0 Å². The molecule has 0 fully saturated rings. The van der Waals surface area contributed by atoms with Crippen LogP contribution in [0.5, 0.6) is 0 Å². The van der Waals surface area contributed by atoms with Crippen molar-refractivity contribution in [3.63, 3.8) is 0 Å². The van der Waals surface area contributed by atoms with E-state index >= 15 is 0 Å². The molecule has 0 spiro atoms. The number of aromatic nitrogens is 2. The summed E-state index contributed by atoms with van der Waals surface area (Å²) in [5.41, 5.74) is 2.42. The lowest BCUT2D eigenvalue weighted by atomic mass is 10.1. The molecule has 3 aromatic rings. The smallest absolute Gasteiger partial charge is 0.228 e. The summed E-state index contributed by atoms with van der Waals surface area (Å²) in [6, 6.07) is 10.6. The molecule has 0 aliphatic carbocycles. The van der Waals surface area contributed by atoms with Crippen LogP contribution in [-0.2, 0) is 24.2 Å². The zero-order valence-corrected chi connectivity index (χ0v) is 14.7. The van der Waals surface area contributed by atoms with E-state index in [0.717, 1.165) is 55.0 Å². The predicted octanol–water partition coefficient (Wildman–Crippen LogP) is 4.35. The standard InChI is InChI=1S/C21H19F2N3O/c22-15-9-8-14(17(23)12-15)11-21(27)25-18-6-2-1-5-16(18)19-13-26-10-4-3-7-20(26)24-19/h1-2,5-6,8-9,12-13H,3-4,7,10-11H2,(H,25,27). The highest BCUT2D eigenvalue weighted by molar-refractivity contribution is 5.96. The number of hydrogen-bond acceptors (Lipinski definition) is 2. The summed E-state index contributed by atoms with van der Waals surface area (Å²) in [6.45, 7) is 0.959. The van der Waals surface area contributed by atoms with Crippen molar-refractivity contribution in [3.05, 3.63) is 71.7 Å². The topological polar surface area (TPSA) is 46.9 Å². The number of carbonyl (C=O) groups is 1. The van der Waals surface area contributed by atoms with Gasteiger partial charge in [-0.25, -0.2) is 13.8 Å². The molecule has 0 bridgehead atoms. The van der Waals surface area contributed by atoms with Gasteiger partial charge in [0.15, 0.2) is 0 Å². The van der Waals surface area contributed by atoms with E-state index in [2.05, 4.69) is 9.88 Å². The van der Waals surface area contributed by atoms with Gasteiger partial charge in [-0.2, -0.15) is 0 Å². The first-order valence-electron chi connectivity index (χ1n) is 8.99. The molecule has 1 aliphatic rings. The van der Waals surface area contributed by atoms with Gasteiger partial charge in [0.05, 0.1) is 17.8 Å². The van der Waals surface area contributed by atoms with Crippen LogP contribution in [0, 0.1) is 11.6 Å². The number of amides is 1. The average Bonchev–Trinajstić information content (AvgIpc) is 3.08. The van der Waals surface area contributed by atoms with E-state index in [1.807, 2.05) is 24.4 Å². The van der Waals surface area contributed by atoms with E-state index < -0.39 is 11.6 Å². The Kier molecular flexibility index (Phi) is 4.71. The fraction of sp³-hybridized carbons (Fsp3) is 0.238. The number of anilines is 1. The van der Waals surface area contributed by atoms with Gasteiger partial charge >= 0.3 is 0 Å². The molecule has 27 heavy (non-hydrogen) atoms. The van der Waals surface area contributed by atoms with E-state index in [4.69, 9.17) is 4.98 Å². The molecule has 1 amide bonds. The zero-order valence-electron chi connectivity index (χ0n) is 14.7. The first kappa shape index (κ1) is 17.4. The molecule has 0 unspecified atom stereocenters. The normalized spacial score (nSPS) is 13.3. The molecule has 0 radical (unpaired) electrons. The Bertz CT molecular complexity index is 973. The monoisotopic (exact) mass is 367 g/mol. The zero-order chi connectivity index (χ0) is 18.8. The van der Waals surface area contributed by atoms with E-state index in [-0.39, 0.29) is 17.9 Å². The van der Waals surface area contributed by atoms with Gasteiger partial charge in [-0.15, -0.1) is 0 Å². The van der Waals surface area contributed by atoms with Crippen LogP contribution in [-0.4, -0.2) is 15.5 Å². The number of fused-ring (bicyclic) bond motifs is 1. The Morgan fingerprint density at radius 2 is 2.00 bits per heavy atom. The lowest BCUT2D eigenvalue weighted by molar-refractivity contribution is -0.115.